The Bertz CT molecular complexity index is 349. The molecule has 0 aromatic heterocycles. The molecule has 0 spiro atoms. The minimum absolute atomic E-state index is 0.117. The van der Waals surface area contributed by atoms with E-state index in [4.69, 9.17) is 10.5 Å². The van der Waals surface area contributed by atoms with Gasteiger partial charge in [-0.25, -0.2) is 9.59 Å². The first-order chi connectivity index (χ1) is 10.1. The van der Waals surface area contributed by atoms with Crippen LogP contribution < -0.4 is 5.73 Å². The zero-order chi connectivity index (χ0) is 17.2. The van der Waals surface area contributed by atoms with Crippen molar-refractivity contribution < 1.29 is 19.4 Å². The lowest BCUT2D eigenvalue weighted by molar-refractivity contribution is -0.169. The van der Waals surface area contributed by atoms with Crippen molar-refractivity contribution >= 4 is 11.9 Å². The smallest absolute Gasteiger partial charge is 0.338 e. The minimum atomic E-state index is -1.94. The number of carboxylic acid groups (broad SMARTS) is 1. The van der Waals surface area contributed by atoms with E-state index in [0.29, 0.717) is 6.42 Å². The lowest BCUT2D eigenvalue weighted by Crippen LogP contribution is -2.57. The molecule has 0 aromatic rings. The maximum atomic E-state index is 12.0. The minimum Gasteiger partial charge on any atom is -0.479 e. The molecule has 0 saturated carbocycles. The quantitative estimate of drug-likeness (QED) is 0.345. The number of nitrogens with two attached hydrogens (primary N) is 1. The fraction of sp³-hybridized carbons (Fsp3) is 0.882. The topological polar surface area (TPSA) is 89.6 Å². The van der Waals surface area contributed by atoms with Gasteiger partial charge in [0, 0.05) is 0 Å². The van der Waals surface area contributed by atoms with Crippen molar-refractivity contribution in [3.63, 3.8) is 0 Å². The van der Waals surface area contributed by atoms with E-state index >= 15 is 0 Å². The number of rotatable bonds is 11. The summed E-state index contributed by atoms with van der Waals surface area (Å²) in [7, 11) is 0. The van der Waals surface area contributed by atoms with Crippen molar-refractivity contribution in [2.45, 2.75) is 96.6 Å². The SMILES string of the molecule is CCCCCCCCCCC(N)(C(=O)O)C(=O)OC(C)(C)C. The number of esters is 1. The predicted molar refractivity (Wildman–Crippen MR) is 87.6 cm³/mol. The van der Waals surface area contributed by atoms with E-state index in [2.05, 4.69) is 6.92 Å². The lowest BCUT2D eigenvalue weighted by Gasteiger charge is -2.28. The van der Waals surface area contributed by atoms with E-state index in [1.165, 1.54) is 25.7 Å². The first-order valence-electron chi connectivity index (χ1n) is 8.39. The van der Waals surface area contributed by atoms with Crippen molar-refractivity contribution in [1.29, 1.82) is 0 Å². The first kappa shape index (κ1) is 20.9. The Morgan fingerprint density at radius 3 is 1.82 bits per heavy atom. The van der Waals surface area contributed by atoms with Crippen LogP contribution in [0.2, 0.25) is 0 Å². The monoisotopic (exact) mass is 315 g/mol. The van der Waals surface area contributed by atoms with E-state index in [1.807, 2.05) is 0 Å². The van der Waals surface area contributed by atoms with Gasteiger partial charge in [-0.05, 0) is 27.2 Å². The van der Waals surface area contributed by atoms with Gasteiger partial charge in [0.2, 0.25) is 5.54 Å². The van der Waals surface area contributed by atoms with Gasteiger partial charge in [0.15, 0.2) is 0 Å². The zero-order valence-electron chi connectivity index (χ0n) is 14.6. The number of carbonyl (C=O) groups excluding carboxylic acids is 1. The second kappa shape index (κ2) is 9.82. The van der Waals surface area contributed by atoms with Crippen molar-refractivity contribution in [2.75, 3.05) is 0 Å². The number of hydrogen-bond donors (Lipinski definition) is 2. The summed E-state index contributed by atoms with van der Waals surface area (Å²) in [4.78, 5) is 23.4. The van der Waals surface area contributed by atoms with Gasteiger partial charge in [0.05, 0.1) is 0 Å². The van der Waals surface area contributed by atoms with E-state index in [-0.39, 0.29) is 6.42 Å². The maximum absolute atomic E-state index is 12.0. The predicted octanol–water partition coefficient (Wildman–Crippen LogP) is 3.64. The Labute approximate surface area is 134 Å². The van der Waals surface area contributed by atoms with Crippen LogP contribution in [-0.2, 0) is 14.3 Å². The van der Waals surface area contributed by atoms with E-state index in [9.17, 15) is 14.7 Å². The van der Waals surface area contributed by atoms with Crippen LogP contribution in [0.5, 0.6) is 0 Å². The second-order valence-electron chi connectivity index (χ2n) is 7.00. The number of ether oxygens (including phenoxy) is 1. The Morgan fingerprint density at radius 1 is 0.955 bits per heavy atom. The van der Waals surface area contributed by atoms with Crippen molar-refractivity contribution in [3.05, 3.63) is 0 Å². The number of carbonyl (C=O) groups is 2. The summed E-state index contributed by atoms with van der Waals surface area (Å²) in [5.41, 5.74) is 3.12. The molecule has 5 nitrogen and oxygen atoms in total. The molecule has 0 radical (unpaired) electrons. The van der Waals surface area contributed by atoms with Gasteiger partial charge in [0.25, 0.3) is 0 Å². The summed E-state index contributed by atoms with van der Waals surface area (Å²) >= 11 is 0. The van der Waals surface area contributed by atoms with Crippen LogP contribution in [0.1, 0.15) is 85.5 Å². The van der Waals surface area contributed by atoms with Gasteiger partial charge in [-0.2, -0.15) is 0 Å². The highest BCUT2D eigenvalue weighted by atomic mass is 16.6. The van der Waals surface area contributed by atoms with Gasteiger partial charge in [-0.3, -0.25) is 0 Å². The van der Waals surface area contributed by atoms with Crippen LogP contribution in [0, 0.1) is 0 Å². The lowest BCUT2D eigenvalue weighted by atomic mass is 9.92. The van der Waals surface area contributed by atoms with Crippen molar-refractivity contribution in [3.8, 4) is 0 Å². The van der Waals surface area contributed by atoms with Gasteiger partial charge >= 0.3 is 11.9 Å². The molecule has 0 aliphatic rings. The molecule has 3 N–H and O–H groups in total. The fourth-order valence-corrected chi connectivity index (χ4v) is 2.20. The van der Waals surface area contributed by atoms with Crippen LogP contribution in [0.25, 0.3) is 0 Å². The van der Waals surface area contributed by atoms with Crippen molar-refractivity contribution in [1.82, 2.24) is 0 Å². The third-order valence-corrected chi connectivity index (χ3v) is 3.57. The molecule has 0 aromatic carbocycles. The van der Waals surface area contributed by atoms with Crippen LogP contribution in [0.3, 0.4) is 0 Å². The third kappa shape index (κ3) is 8.37. The summed E-state index contributed by atoms with van der Waals surface area (Å²) < 4.78 is 5.14. The molecule has 0 amide bonds. The summed E-state index contributed by atoms with van der Waals surface area (Å²) in [5.74, 6) is -2.17. The molecule has 5 heteroatoms. The molecular formula is C17H33NO4. The first-order valence-corrected chi connectivity index (χ1v) is 8.39. The molecule has 0 aliphatic carbocycles. The average Bonchev–Trinajstić information content (AvgIpc) is 2.39. The summed E-state index contributed by atoms with van der Waals surface area (Å²) in [6.45, 7) is 7.28. The Morgan fingerprint density at radius 2 is 1.41 bits per heavy atom. The van der Waals surface area contributed by atoms with E-state index in [1.54, 1.807) is 20.8 Å². The highest BCUT2D eigenvalue weighted by Gasteiger charge is 2.44. The molecule has 22 heavy (non-hydrogen) atoms. The highest BCUT2D eigenvalue weighted by molar-refractivity contribution is 6.03. The molecule has 0 rings (SSSR count). The van der Waals surface area contributed by atoms with Crippen molar-refractivity contribution in [2.24, 2.45) is 5.73 Å². The Kier molecular flexibility index (Phi) is 9.33. The number of unbranched alkanes of at least 4 members (excludes halogenated alkanes) is 7. The largest absolute Gasteiger partial charge is 0.479 e. The van der Waals surface area contributed by atoms with E-state index < -0.39 is 23.1 Å². The Balaban J connectivity index is 4.19. The molecule has 0 saturated heterocycles. The summed E-state index contributed by atoms with van der Waals surface area (Å²) in [5, 5.41) is 9.27. The normalized spacial score (nSPS) is 14.4. The highest BCUT2D eigenvalue weighted by Crippen LogP contribution is 2.20. The molecule has 0 bridgehead atoms. The van der Waals surface area contributed by atoms with Crippen LogP contribution in [0.15, 0.2) is 0 Å². The summed E-state index contributed by atoms with van der Waals surface area (Å²) in [6, 6.07) is 0. The third-order valence-electron chi connectivity index (χ3n) is 3.57. The molecule has 130 valence electrons. The fourth-order valence-electron chi connectivity index (χ4n) is 2.20. The summed E-state index contributed by atoms with van der Waals surface area (Å²) in [6.07, 6.45) is 8.79. The van der Waals surface area contributed by atoms with Gasteiger partial charge in [-0.15, -0.1) is 0 Å². The van der Waals surface area contributed by atoms with Crippen LogP contribution in [-0.4, -0.2) is 28.2 Å². The zero-order valence-corrected chi connectivity index (χ0v) is 14.6. The maximum Gasteiger partial charge on any atom is 0.338 e. The molecule has 0 aliphatic heterocycles. The molecule has 0 heterocycles. The van der Waals surface area contributed by atoms with Gasteiger partial charge in [-0.1, -0.05) is 58.3 Å². The molecule has 1 unspecified atom stereocenters. The Hall–Kier alpha value is -1.10. The van der Waals surface area contributed by atoms with Gasteiger partial charge < -0.3 is 15.6 Å². The van der Waals surface area contributed by atoms with Gasteiger partial charge in [0.1, 0.15) is 5.60 Å². The van der Waals surface area contributed by atoms with Crippen LogP contribution in [0.4, 0.5) is 0 Å². The molecule has 0 fully saturated rings. The number of carboxylic acids is 1. The average molecular weight is 315 g/mol. The van der Waals surface area contributed by atoms with E-state index in [0.717, 1.165) is 19.3 Å². The standard InChI is InChI=1S/C17H33NO4/c1-5-6-7-8-9-10-11-12-13-17(18,14(19)20)15(21)22-16(2,3)4/h5-13,18H2,1-4H3,(H,19,20). The second-order valence-corrected chi connectivity index (χ2v) is 7.00. The number of aliphatic carboxylic acids is 1. The molecular weight excluding hydrogens is 282 g/mol. The van der Waals surface area contributed by atoms with Crippen LogP contribution >= 0.6 is 0 Å². The molecule has 1 atom stereocenters. The number of hydrogen-bond acceptors (Lipinski definition) is 4.